The number of ether oxygens (including phenoxy) is 2. The minimum Gasteiger partial charge on any atom is -0.496 e. The van der Waals surface area contributed by atoms with Crippen molar-refractivity contribution in [3.05, 3.63) is 28.2 Å². The molecule has 0 aromatic heterocycles. The Morgan fingerprint density at radius 2 is 2.11 bits per heavy atom. The van der Waals surface area contributed by atoms with Crippen LogP contribution in [0.4, 0.5) is 4.39 Å². The van der Waals surface area contributed by atoms with Crippen LogP contribution in [0.2, 0.25) is 0 Å². The van der Waals surface area contributed by atoms with Crippen molar-refractivity contribution < 1.29 is 13.9 Å². The molecule has 1 atom stereocenters. The number of nitrogens with two attached hydrogens (primary N) is 1. The van der Waals surface area contributed by atoms with Gasteiger partial charge in [-0.25, -0.2) is 4.39 Å². The van der Waals surface area contributed by atoms with Gasteiger partial charge in [0, 0.05) is 18.0 Å². The number of halogens is 2. The Morgan fingerprint density at radius 1 is 1.37 bits per heavy atom. The maximum absolute atomic E-state index is 14.9. The molecule has 0 aliphatic heterocycles. The van der Waals surface area contributed by atoms with E-state index in [2.05, 4.69) is 15.9 Å². The molecule has 0 saturated heterocycles. The van der Waals surface area contributed by atoms with Gasteiger partial charge in [0.25, 0.3) is 0 Å². The average molecular weight is 334 g/mol. The van der Waals surface area contributed by atoms with E-state index in [0.29, 0.717) is 25.1 Å². The summed E-state index contributed by atoms with van der Waals surface area (Å²) in [7, 11) is 3.10. The van der Waals surface area contributed by atoms with Gasteiger partial charge in [0.1, 0.15) is 11.4 Å². The molecular weight excluding hydrogens is 313 g/mol. The van der Waals surface area contributed by atoms with Gasteiger partial charge in [-0.05, 0) is 43.1 Å². The molecule has 1 aromatic carbocycles. The Kier molecular flexibility index (Phi) is 6.75. The first-order valence-electron chi connectivity index (χ1n) is 6.25. The van der Waals surface area contributed by atoms with Gasteiger partial charge >= 0.3 is 0 Å². The molecule has 0 aliphatic rings. The quantitative estimate of drug-likeness (QED) is 0.795. The molecule has 0 radical (unpaired) electrons. The monoisotopic (exact) mass is 333 g/mol. The number of benzene rings is 1. The van der Waals surface area contributed by atoms with Crippen molar-refractivity contribution in [3.63, 3.8) is 0 Å². The first-order chi connectivity index (χ1) is 9.04. The smallest absolute Gasteiger partial charge is 0.138 e. The lowest BCUT2D eigenvalue weighted by Gasteiger charge is -2.25. The largest absolute Gasteiger partial charge is 0.496 e. The Labute approximate surface area is 122 Å². The van der Waals surface area contributed by atoms with Gasteiger partial charge in [-0.3, -0.25) is 0 Å². The molecule has 19 heavy (non-hydrogen) atoms. The van der Waals surface area contributed by atoms with Crippen LogP contribution in [0.25, 0.3) is 0 Å². The fourth-order valence-corrected chi connectivity index (χ4v) is 2.52. The van der Waals surface area contributed by atoms with E-state index in [-0.39, 0.29) is 13.0 Å². The lowest BCUT2D eigenvalue weighted by atomic mass is 9.92. The Balaban J connectivity index is 2.91. The van der Waals surface area contributed by atoms with Crippen LogP contribution in [0.1, 0.15) is 18.4 Å². The molecule has 0 saturated carbocycles. The fourth-order valence-electron chi connectivity index (χ4n) is 2.12. The zero-order chi connectivity index (χ0) is 14.3. The van der Waals surface area contributed by atoms with Gasteiger partial charge in [0.2, 0.25) is 0 Å². The number of methoxy groups -OCH3 is 2. The van der Waals surface area contributed by atoms with E-state index in [9.17, 15) is 4.39 Å². The molecule has 0 spiro atoms. The van der Waals surface area contributed by atoms with Crippen molar-refractivity contribution in [2.24, 2.45) is 5.73 Å². The van der Waals surface area contributed by atoms with Crippen LogP contribution in [0.5, 0.6) is 5.75 Å². The van der Waals surface area contributed by atoms with Crippen LogP contribution in [0, 0.1) is 0 Å². The Bertz CT molecular complexity index is 403. The summed E-state index contributed by atoms with van der Waals surface area (Å²) in [6.07, 6.45) is 1.27. The SMILES string of the molecule is COCC(F)(CCCN)Cc1cc(Br)ccc1OC. The molecule has 0 fully saturated rings. The number of rotatable bonds is 8. The van der Waals surface area contributed by atoms with Crippen LogP contribution in [0.3, 0.4) is 0 Å². The normalized spacial score (nSPS) is 14.2. The van der Waals surface area contributed by atoms with Gasteiger partial charge in [0.15, 0.2) is 0 Å². The average Bonchev–Trinajstić information content (AvgIpc) is 2.37. The van der Waals surface area contributed by atoms with Crippen molar-refractivity contribution in [2.75, 3.05) is 27.4 Å². The second-order valence-electron chi connectivity index (χ2n) is 4.61. The summed E-state index contributed by atoms with van der Waals surface area (Å²) < 4.78 is 26.1. The van der Waals surface area contributed by atoms with E-state index >= 15 is 0 Å². The molecular formula is C14H21BrFNO2. The maximum Gasteiger partial charge on any atom is 0.138 e. The number of alkyl halides is 1. The van der Waals surface area contributed by atoms with Crippen molar-refractivity contribution in [1.82, 2.24) is 0 Å². The number of hydrogen-bond acceptors (Lipinski definition) is 3. The van der Waals surface area contributed by atoms with Gasteiger partial charge in [-0.1, -0.05) is 15.9 Å². The summed E-state index contributed by atoms with van der Waals surface area (Å²) in [5.74, 6) is 0.689. The zero-order valence-corrected chi connectivity index (χ0v) is 13.0. The first-order valence-corrected chi connectivity index (χ1v) is 7.04. The van der Waals surface area contributed by atoms with Crippen LogP contribution in [0.15, 0.2) is 22.7 Å². The molecule has 1 rings (SSSR count). The van der Waals surface area contributed by atoms with Gasteiger partial charge in [-0.15, -0.1) is 0 Å². The highest BCUT2D eigenvalue weighted by Crippen LogP contribution is 2.31. The van der Waals surface area contributed by atoms with E-state index in [4.69, 9.17) is 15.2 Å². The third kappa shape index (κ3) is 5.09. The summed E-state index contributed by atoms with van der Waals surface area (Å²) in [5, 5.41) is 0. The van der Waals surface area contributed by atoms with Gasteiger partial charge in [0.05, 0.1) is 13.7 Å². The standard InChI is InChI=1S/C14H21BrFNO2/c1-18-10-14(16,6-3-7-17)9-11-8-12(15)4-5-13(11)19-2/h4-5,8H,3,6-7,9-10,17H2,1-2H3. The highest BCUT2D eigenvalue weighted by Gasteiger charge is 2.30. The van der Waals surface area contributed by atoms with E-state index in [1.54, 1.807) is 7.11 Å². The highest BCUT2D eigenvalue weighted by atomic mass is 79.9. The molecule has 108 valence electrons. The molecule has 3 nitrogen and oxygen atoms in total. The van der Waals surface area contributed by atoms with E-state index in [1.165, 1.54) is 7.11 Å². The minimum absolute atomic E-state index is 0.0582. The van der Waals surface area contributed by atoms with E-state index < -0.39 is 5.67 Å². The number of hydrogen-bond donors (Lipinski definition) is 1. The van der Waals surface area contributed by atoms with E-state index in [1.807, 2.05) is 18.2 Å². The summed E-state index contributed by atoms with van der Waals surface area (Å²) in [6, 6.07) is 5.58. The molecule has 0 heterocycles. The first kappa shape index (κ1) is 16.4. The highest BCUT2D eigenvalue weighted by molar-refractivity contribution is 9.10. The van der Waals surface area contributed by atoms with Gasteiger partial charge < -0.3 is 15.2 Å². The Morgan fingerprint density at radius 3 is 2.68 bits per heavy atom. The van der Waals surface area contributed by atoms with Crippen molar-refractivity contribution in [3.8, 4) is 5.75 Å². The van der Waals surface area contributed by atoms with Crippen molar-refractivity contribution >= 4 is 15.9 Å². The molecule has 5 heteroatoms. The lowest BCUT2D eigenvalue weighted by molar-refractivity contribution is 0.0330. The lowest BCUT2D eigenvalue weighted by Crippen LogP contribution is -2.32. The Hall–Kier alpha value is -0.650. The molecule has 0 amide bonds. The molecule has 1 unspecified atom stereocenters. The summed E-state index contributed by atoms with van der Waals surface area (Å²) in [4.78, 5) is 0. The predicted octanol–water partition coefficient (Wildman–Crippen LogP) is 3.09. The van der Waals surface area contributed by atoms with Crippen LogP contribution in [-0.4, -0.2) is 33.0 Å². The molecule has 2 N–H and O–H groups in total. The summed E-state index contributed by atoms with van der Waals surface area (Å²) >= 11 is 3.40. The van der Waals surface area contributed by atoms with Crippen molar-refractivity contribution in [2.45, 2.75) is 24.9 Å². The third-order valence-electron chi connectivity index (χ3n) is 2.98. The van der Waals surface area contributed by atoms with Crippen molar-refractivity contribution in [1.29, 1.82) is 0 Å². The molecule has 0 aliphatic carbocycles. The van der Waals surface area contributed by atoms with Crippen LogP contribution < -0.4 is 10.5 Å². The maximum atomic E-state index is 14.9. The van der Waals surface area contributed by atoms with E-state index in [0.717, 1.165) is 10.0 Å². The summed E-state index contributed by atoms with van der Waals surface area (Å²) in [6.45, 7) is 0.535. The zero-order valence-electron chi connectivity index (χ0n) is 11.4. The fraction of sp³-hybridized carbons (Fsp3) is 0.571. The van der Waals surface area contributed by atoms with Gasteiger partial charge in [-0.2, -0.15) is 0 Å². The van der Waals surface area contributed by atoms with Crippen LogP contribution in [-0.2, 0) is 11.2 Å². The third-order valence-corrected chi connectivity index (χ3v) is 3.47. The van der Waals surface area contributed by atoms with Crippen LogP contribution >= 0.6 is 15.9 Å². The predicted molar refractivity (Wildman–Crippen MR) is 78.4 cm³/mol. The summed E-state index contributed by atoms with van der Waals surface area (Å²) in [5.41, 5.74) is 4.88. The topological polar surface area (TPSA) is 44.5 Å². The molecule has 0 bridgehead atoms. The minimum atomic E-state index is -1.41. The second-order valence-corrected chi connectivity index (χ2v) is 5.52. The molecule has 1 aromatic rings. The second kappa shape index (κ2) is 7.82.